The number of fused-ring (bicyclic) bond motifs is 1. The van der Waals surface area contributed by atoms with Gasteiger partial charge in [0.25, 0.3) is 11.1 Å². The molecule has 2 amide bonds. The molecule has 1 heterocycles. The first-order valence-corrected chi connectivity index (χ1v) is 8.82. The first-order chi connectivity index (χ1) is 10.6. The number of nitrogens with one attached hydrogen (secondary N) is 1. The Morgan fingerprint density at radius 3 is 2.13 bits per heavy atom. The summed E-state index contributed by atoms with van der Waals surface area (Å²) < 4.78 is 0. The second kappa shape index (κ2) is 5.23. The predicted molar refractivity (Wildman–Crippen MR) is 95.6 cm³/mol. The van der Waals surface area contributed by atoms with Gasteiger partial charge in [0.2, 0.25) is 0 Å². The highest BCUT2D eigenvalue weighted by molar-refractivity contribution is 8.18. The number of carbonyl (C=O) groups excluding carboxylic acids is 2. The molecule has 1 N–H and O–H groups in total. The number of thioether (sulfide) groups is 1. The fraction of sp³-hybridized carbons (Fsp3) is 0.474. The molecule has 0 unspecified atom stereocenters. The second-order valence-electron chi connectivity index (χ2n) is 7.87. The van der Waals surface area contributed by atoms with Gasteiger partial charge in [-0.05, 0) is 70.7 Å². The van der Waals surface area contributed by atoms with E-state index in [0.29, 0.717) is 4.91 Å². The molecule has 0 radical (unpaired) electrons. The zero-order chi connectivity index (χ0) is 17.0. The molecule has 2 aliphatic rings. The zero-order valence-corrected chi connectivity index (χ0v) is 15.2. The molecule has 1 aliphatic carbocycles. The molecule has 1 aromatic rings. The van der Waals surface area contributed by atoms with Gasteiger partial charge in [-0.25, -0.2) is 0 Å². The minimum atomic E-state index is -0.295. The van der Waals surface area contributed by atoms with Gasteiger partial charge in [-0.2, -0.15) is 0 Å². The van der Waals surface area contributed by atoms with Crippen LogP contribution in [0.2, 0.25) is 0 Å². The molecule has 0 aromatic heterocycles. The molecular formula is C19H23NO2S. The molecule has 4 heteroatoms. The highest BCUT2D eigenvalue weighted by atomic mass is 32.2. The van der Waals surface area contributed by atoms with Crippen LogP contribution >= 0.6 is 11.8 Å². The van der Waals surface area contributed by atoms with Crippen molar-refractivity contribution >= 4 is 29.0 Å². The molecule has 122 valence electrons. The minimum Gasteiger partial charge on any atom is -0.282 e. The molecule has 0 bridgehead atoms. The van der Waals surface area contributed by atoms with Crippen LogP contribution in [0.4, 0.5) is 4.79 Å². The van der Waals surface area contributed by atoms with E-state index in [1.165, 1.54) is 17.5 Å². The zero-order valence-electron chi connectivity index (χ0n) is 14.4. The van der Waals surface area contributed by atoms with E-state index in [1.54, 1.807) is 0 Å². The lowest BCUT2D eigenvalue weighted by Crippen LogP contribution is -2.34. The van der Waals surface area contributed by atoms with Crippen molar-refractivity contribution in [2.45, 2.75) is 58.3 Å². The summed E-state index contributed by atoms with van der Waals surface area (Å²) in [4.78, 5) is 23.6. The Kier molecular flexibility index (Phi) is 3.71. The van der Waals surface area contributed by atoms with Gasteiger partial charge in [0, 0.05) is 0 Å². The molecule has 1 aromatic carbocycles. The van der Waals surface area contributed by atoms with Crippen LogP contribution in [-0.4, -0.2) is 11.1 Å². The van der Waals surface area contributed by atoms with E-state index >= 15 is 0 Å². The fourth-order valence-corrected chi connectivity index (χ4v) is 4.13. The Morgan fingerprint density at radius 1 is 1.04 bits per heavy atom. The monoisotopic (exact) mass is 329 g/mol. The summed E-state index contributed by atoms with van der Waals surface area (Å²) in [6, 6.07) is 4.48. The Morgan fingerprint density at radius 2 is 1.61 bits per heavy atom. The van der Waals surface area contributed by atoms with Crippen LogP contribution in [0.5, 0.6) is 0 Å². The van der Waals surface area contributed by atoms with Gasteiger partial charge in [0.15, 0.2) is 0 Å². The number of carbonyl (C=O) groups is 2. The summed E-state index contributed by atoms with van der Waals surface area (Å²) in [7, 11) is 0. The quantitative estimate of drug-likeness (QED) is 0.762. The van der Waals surface area contributed by atoms with E-state index in [0.717, 1.165) is 29.3 Å². The standard InChI is InChI=1S/C19H23NO2S/c1-11-8-13-14(19(4,5)7-6-18(13,2)3)9-12(11)10-15-16(21)20-17(22)23-15/h8-10H,6-7H2,1-5H3,(H,20,21,22). The van der Waals surface area contributed by atoms with Crippen LogP contribution in [0.25, 0.3) is 6.08 Å². The Bertz CT molecular complexity index is 744. The van der Waals surface area contributed by atoms with Crippen molar-refractivity contribution in [3.63, 3.8) is 0 Å². The highest BCUT2D eigenvalue weighted by Crippen LogP contribution is 2.46. The van der Waals surface area contributed by atoms with Crippen LogP contribution in [0.3, 0.4) is 0 Å². The third-order valence-electron chi connectivity index (χ3n) is 5.17. The van der Waals surface area contributed by atoms with Crippen molar-refractivity contribution in [2.75, 3.05) is 0 Å². The number of aryl methyl sites for hydroxylation is 1. The maximum absolute atomic E-state index is 11.8. The SMILES string of the molecule is Cc1cc2c(cc1C=C1SC(=O)NC1=O)C(C)(C)CCC2(C)C. The number of rotatable bonds is 1. The Labute approximate surface area is 141 Å². The lowest BCUT2D eigenvalue weighted by molar-refractivity contribution is -0.115. The first kappa shape index (κ1) is 16.3. The number of hydrogen-bond donors (Lipinski definition) is 1. The van der Waals surface area contributed by atoms with Gasteiger partial charge in [0.1, 0.15) is 0 Å². The van der Waals surface area contributed by atoms with Gasteiger partial charge >= 0.3 is 0 Å². The normalized spacial score (nSPS) is 23.8. The maximum Gasteiger partial charge on any atom is 0.290 e. The van der Waals surface area contributed by atoms with Crippen LogP contribution in [0.1, 0.15) is 62.8 Å². The van der Waals surface area contributed by atoms with Crippen molar-refractivity contribution in [3.8, 4) is 0 Å². The Balaban J connectivity index is 2.13. The van der Waals surface area contributed by atoms with E-state index in [-0.39, 0.29) is 22.0 Å². The van der Waals surface area contributed by atoms with Crippen molar-refractivity contribution in [1.29, 1.82) is 0 Å². The summed E-state index contributed by atoms with van der Waals surface area (Å²) in [6.45, 7) is 11.3. The molecular weight excluding hydrogens is 306 g/mol. The second-order valence-corrected chi connectivity index (χ2v) is 8.89. The largest absolute Gasteiger partial charge is 0.290 e. The molecule has 0 saturated carbocycles. The van der Waals surface area contributed by atoms with Gasteiger partial charge < -0.3 is 0 Å². The van der Waals surface area contributed by atoms with Crippen LogP contribution in [-0.2, 0) is 15.6 Å². The molecule has 3 nitrogen and oxygen atoms in total. The highest BCUT2D eigenvalue weighted by Gasteiger charge is 2.37. The summed E-state index contributed by atoms with van der Waals surface area (Å²) in [5.74, 6) is -0.295. The average Bonchev–Trinajstić information content (AvgIpc) is 2.75. The smallest absolute Gasteiger partial charge is 0.282 e. The fourth-order valence-electron chi connectivity index (χ4n) is 3.46. The number of imide groups is 1. The first-order valence-electron chi connectivity index (χ1n) is 8.01. The maximum atomic E-state index is 11.8. The summed E-state index contributed by atoms with van der Waals surface area (Å²) in [6.07, 6.45) is 4.18. The van der Waals surface area contributed by atoms with Crippen molar-refractivity contribution in [1.82, 2.24) is 5.32 Å². The molecule has 0 atom stereocenters. The van der Waals surface area contributed by atoms with Gasteiger partial charge in [-0.15, -0.1) is 0 Å². The Hall–Kier alpha value is -1.55. The van der Waals surface area contributed by atoms with Crippen molar-refractivity contribution < 1.29 is 9.59 Å². The molecule has 0 spiro atoms. The van der Waals surface area contributed by atoms with E-state index in [9.17, 15) is 9.59 Å². The number of benzene rings is 1. The molecule has 1 fully saturated rings. The average molecular weight is 329 g/mol. The van der Waals surface area contributed by atoms with E-state index in [2.05, 4.69) is 52.1 Å². The minimum absolute atomic E-state index is 0.132. The molecule has 1 aliphatic heterocycles. The van der Waals surface area contributed by atoms with Crippen LogP contribution < -0.4 is 5.32 Å². The van der Waals surface area contributed by atoms with Gasteiger partial charge in [-0.3, -0.25) is 14.9 Å². The van der Waals surface area contributed by atoms with Crippen LogP contribution in [0, 0.1) is 6.92 Å². The van der Waals surface area contributed by atoms with Crippen LogP contribution in [0.15, 0.2) is 17.0 Å². The lowest BCUT2D eigenvalue weighted by atomic mass is 9.62. The predicted octanol–water partition coefficient (Wildman–Crippen LogP) is 4.67. The van der Waals surface area contributed by atoms with Gasteiger partial charge in [-0.1, -0.05) is 39.8 Å². The van der Waals surface area contributed by atoms with E-state index < -0.39 is 0 Å². The molecule has 1 saturated heterocycles. The third kappa shape index (κ3) is 2.85. The van der Waals surface area contributed by atoms with E-state index in [4.69, 9.17) is 0 Å². The number of amides is 2. The summed E-state index contributed by atoms with van der Waals surface area (Å²) >= 11 is 0.976. The van der Waals surface area contributed by atoms with E-state index in [1.807, 2.05) is 6.08 Å². The van der Waals surface area contributed by atoms with Gasteiger partial charge in [0.05, 0.1) is 4.91 Å². The topological polar surface area (TPSA) is 46.2 Å². The number of hydrogen-bond acceptors (Lipinski definition) is 3. The lowest BCUT2D eigenvalue weighted by Gasteiger charge is -2.42. The molecule has 23 heavy (non-hydrogen) atoms. The van der Waals surface area contributed by atoms with Crippen molar-refractivity contribution in [2.24, 2.45) is 0 Å². The third-order valence-corrected chi connectivity index (χ3v) is 5.98. The van der Waals surface area contributed by atoms with Crippen molar-refractivity contribution in [3.05, 3.63) is 39.3 Å². The summed E-state index contributed by atoms with van der Waals surface area (Å²) in [5, 5.41) is 2.02. The summed E-state index contributed by atoms with van der Waals surface area (Å²) in [5.41, 5.74) is 5.26. The molecule has 3 rings (SSSR count).